The Morgan fingerprint density at radius 2 is 1.96 bits per heavy atom. The van der Waals surface area contributed by atoms with Crippen molar-refractivity contribution >= 4 is 52.9 Å². The van der Waals surface area contributed by atoms with Crippen LogP contribution in [0.3, 0.4) is 0 Å². The molecule has 0 aliphatic heterocycles. The number of aliphatic imine (C=N–C) groups is 1. The molecule has 7 nitrogen and oxygen atoms in total. The highest BCUT2D eigenvalue weighted by Crippen LogP contribution is 2.30. The van der Waals surface area contributed by atoms with Gasteiger partial charge < -0.3 is 25.4 Å². The molecule has 3 N–H and O–H groups in total. The van der Waals surface area contributed by atoms with E-state index in [1.807, 2.05) is 42.6 Å². The number of nitrogens with one attached hydrogen (secondary N) is 3. The fourth-order valence-electron chi connectivity index (χ4n) is 2.33. The number of carbonyl (C=O) groups is 1. The molecule has 1 aromatic heterocycles. The highest BCUT2D eigenvalue weighted by molar-refractivity contribution is 14.0. The van der Waals surface area contributed by atoms with Crippen molar-refractivity contribution in [2.45, 2.75) is 13.3 Å². The molecule has 0 spiro atoms. The van der Waals surface area contributed by atoms with Crippen molar-refractivity contribution in [2.24, 2.45) is 4.99 Å². The molecule has 2 aromatic rings. The lowest BCUT2D eigenvalue weighted by atomic mass is 10.2. The molecule has 0 radical (unpaired) electrons. The Bertz CT molecular complexity index is 754. The number of methoxy groups -OCH3 is 1. The third kappa shape index (κ3) is 7.55. The smallest absolute Gasteiger partial charge is 0.261 e. The second-order valence-corrected chi connectivity index (χ2v) is 6.46. The standard InChI is InChI=1S/C19H26N4O3S.HI/c1-4-26-16-13-14(8-9-15(16)25-3)23-19(20-2)22-11-6-10-21-18(24)17-7-5-12-27-17;/h5,7-9,12-13H,4,6,10-11H2,1-3H3,(H,21,24)(H2,20,22,23);1H. The summed E-state index contributed by atoms with van der Waals surface area (Å²) in [6.07, 6.45) is 0.782. The molecule has 0 atom stereocenters. The topological polar surface area (TPSA) is 84.0 Å². The maximum absolute atomic E-state index is 11.9. The summed E-state index contributed by atoms with van der Waals surface area (Å²) in [5.41, 5.74) is 0.846. The number of benzene rings is 1. The van der Waals surface area contributed by atoms with Gasteiger partial charge in [0.1, 0.15) is 0 Å². The van der Waals surface area contributed by atoms with Crippen molar-refractivity contribution in [3.63, 3.8) is 0 Å². The lowest BCUT2D eigenvalue weighted by molar-refractivity contribution is 0.0957. The summed E-state index contributed by atoms with van der Waals surface area (Å²) < 4.78 is 10.9. The number of anilines is 1. The number of ether oxygens (including phenoxy) is 2. The Kier molecular flexibility index (Phi) is 11.3. The van der Waals surface area contributed by atoms with E-state index in [9.17, 15) is 4.79 Å². The summed E-state index contributed by atoms with van der Waals surface area (Å²) in [6.45, 7) is 3.76. The van der Waals surface area contributed by atoms with Gasteiger partial charge in [0.15, 0.2) is 17.5 Å². The van der Waals surface area contributed by atoms with Gasteiger partial charge in [-0.05, 0) is 36.9 Å². The average Bonchev–Trinajstić information content (AvgIpc) is 3.22. The highest BCUT2D eigenvalue weighted by Gasteiger charge is 2.07. The largest absolute Gasteiger partial charge is 0.493 e. The molecule has 0 fully saturated rings. The molecule has 0 aliphatic carbocycles. The molecular formula is C19H27IN4O3S. The summed E-state index contributed by atoms with van der Waals surface area (Å²) in [5.74, 6) is 1.98. The molecule has 0 bridgehead atoms. The first-order chi connectivity index (χ1) is 13.2. The monoisotopic (exact) mass is 518 g/mol. The van der Waals surface area contributed by atoms with Crippen LogP contribution in [0.1, 0.15) is 23.0 Å². The molecule has 0 unspecified atom stereocenters. The summed E-state index contributed by atoms with van der Waals surface area (Å²) in [5, 5.41) is 11.2. The number of nitrogens with zero attached hydrogens (tertiary/aromatic N) is 1. The van der Waals surface area contributed by atoms with Crippen molar-refractivity contribution in [1.29, 1.82) is 0 Å². The normalized spacial score (nSPS) is 10.6. The van der Waals surface area contributed by atoms with Gasteiger partial charge in [-0.1, -0.05) is 6.07 Å². The summed E-state index contributed by atoms with van der Waals surface area (Å²) in [7, 11) is 3.32. The molecule has 0 saturated heterocycles. The predicted molar refractivity (Wildman–Crippen MR) is 126 cm³/mol. The van der Waals surface area contributed by atoms with Crippen LogP contribution in [0.25, 0.3) is 0 Å². The van der Waals surface area contributed by atoms with Gasteiger partial charge in [0.25, 0.3) is 5.91 Å². The molecule has 1 aromatic carbocycles. The third-order valence-corrected chi connectivity index (χ3v) is 4.49. The van der Waals surface area contributed by atoms with Crippen molar-refractivity contribution in [1.82, 2.24) is 10.6 Å². The number of rotatable bonds is 9. The van der Waals surface area contributed by atoms with E-state index in [1.165, 1.54) is 11.3 Å². The van der Waals surface area contributed by atoms with E-state index in [0.29, 0.717) is 37.2 Å². The van der Waals surface area contributed by atoms with Crippen LogP contribution in [0.5, 0.6) is 11.5 Å². The van der Waals surface area contributed by atoms with Crippen LogP contribution in [-0.2, 0) is 0 Å². The van der Waals surface area contributed by atoms with E-state index in [2.05, 4.69) is 20.9 Å². The van der Waals surface area contributed by atoms with E-state index in [0.717, 1.165) is 17.0 Å². The third-order valence-electron chi connectivity index (χ3n) is 3.63. The Balaban J connectivity index is 0.00000392. The summed E-state index contributed by atoms with van der Waals surface area (Å²) in [6, 6.07) is 9.30. The van der Waals surface area contributed by atoms with Crippen molar-refractivity contribution in [2.75, 3.05) is 39.2 Å². The molecule has 28 heavy (non-hydrogen) atoms. The van der Waals surface area contributed by atoms with Crippen LogP contribution in [0.2, 0.25) is 0 Å². The predicted octanol–water partition coefficient (Wildman–Crippen LogP) is 3.58. The van der Waals surface area contributed by atoms with Crippen LogP contribution in [0, 0.1) is 0 Å². The number of hydrogen-bond acceptors (Lipinski definition) is 5. The first kappa shape index (κ1) is 24.0. The zero-order chi connectivity index (χ0) is 19.5. The molecule has 2 rings (SSSR count). The van der Waals surface area contributed by atoms with E-state index in [1.54, 1.807) is 14.2 Å². The summed E-state index contributed by atoms with van der Waals surface area (Å²) >= 11 is 1.44. The molecule has 1 heterocycles. The van der Waals surface area contributed by atoms with Gasteiger partial charge in [0.2, 0.25) is 0 Å². The summed E-state index contributed by atoms with van der Waals surface area (Å²) in [4.78, 5) is 16.8. The number of guanidine groups is 1. The van der Waals surface area contributed by atoms with Crippen LogP contribution < -0.4 is 25.4 Å². The second-order valence-electron chi connectivity index (χ2n) is 5.51. The van der Waals surface area contributed by atoms with Crippen LogP contribution >= 0.6 is 35.3 Å². The van der Waals surface area contributed by atoms with Gasteiger partial charge in [-0.25, -0.2) is 0 Å². The molecular weight excluding hydrogens is 491 g/mol. The van der Waals surface area contributed by atoms with Crippen LogP contribution in [-0.4, -0.2) is 45.7 Å². The first-order valence-electron chi connectivity index (χ1n) is 8.78. The number of amides is 1. The minimum Gasteiger partial charge on any atom is -0.493 e. The van der Waals surface area contributed by atoms with Crippen molar-refractivity contribution < 1.29 is 14.3 Å². The number of halogens is 1. The van der Waals surface area contributed by atoms with E-state index in [4.69, 9.17) is 9.47 Å². The Hall–Kier alpha value is -2.01. The number of thiophene rings is 1. The zero-order valence-corrected chi connectivity index (χ0v) is 19.4. The van der Waals surface area contributed by atoms with Crippen LogP contribution in [0.4, 0.5) is 5.69 Å². The Morgan fingerprint density at radius 3 is 2.61 bits per heavy atom. The lowest BCUT2D eigenvalue weighted by Crippen LogP contribution is -2.33. The van der Waals surface area contributed by atoms with Gasteiger partial charge in [-0.3, -0.25) is 9.79 Å². The van der Waals surface area contributed by atoms with Gasteiger partial charge in [-0.2, -0.15) is 0 Å². The second kappa shape index (κ2) is 13.2. The fraction of sp³-hybridized carbons (Fsp3) is 0.368. The molecule has 154 valence electrons. The van der Waals surface area contributed by atoms with E-state index in [-0.39, 0.29) is 29.9 Å². The minimum absolute atomic E-state index is 0. The Labute approximate surface area is 186 Å². The molecule has 0 saturated carbocycles. The minimum atomic E-state index is -0.0332. The first-order valence-corrected chi connectivity index (χ1v) is 9.66. The zero-order valence-electron chi connectivity index (χ0n) is 16.3. The maximum Gasteiger partial charge on any atom is 0.261 e. The molecule has 1 amide bonds. The number of hydrogen-bond donors (Lipinski definition) is 3. The highest BCUT2D eigenvalue weighted by atomic mass is 127. The van der Waals surface area contributed by atoms with Crippen molar-refractivity contribution in [3.05, 3.63) is 40.6 Å². The van der Waals surface area contributed by atoms with Gasteiger partial charge in [0, 0.05) is 31.9 Å². The molecule has 9 heteroatoms. The van der Waals surface area contributed by atoms with E-state index < -0.39 is 0 Å². The average molecular weight is 518 g/mol. The quantitative estimate of drug-likeness (QED) is 0.205. The van der Waals surface area contributed by atoms with Gasteiger partial charge in [0.05, 0.1) is 18.6 Å². The van der Waals surface area contributed by atoms with Crippen LogP contribution in [0.15, 0.2) is 40.7 Å². The number of carbonyl (C=O) groups excluding carboxylic acids is 1. The SMILES string of the molecule is CCOc1cc(NC(=NC)NCCCNC(=O)c2cccs2)ccc1OC.I. The fourth-order valence-corrected chi connectivity index (χ4v) is 2.97. The van der Waals surface area contributed by atoms with Gasteiger partial charge >= 0.3 is 0 Å². The van der Waals surface area contributed by atoms with Gasteiger partial charge in [-0.15, -0.1) is 35.3 Å². The maximum atomic E-state index is 11.9. The van der Waals surface area contributed by atoms with Crippen molar-refractivity contribution in [3.8, 4) is 11.5 Å². The van der Waals surface area contributed by atoms with E-state index >= 15 is 0 Å². The lowest BCUT2D eigenvalue weighted by Gasteiger charge is -2.14. The Morgan fingerprint density at radius 1 is 1.18 bits per heavy atom. The molecule has 0 aliphatic rings.